The molecule has 9 rings (SSSR count). The Hall–Kier alpha value is -5.63. The fourth-order valence-electron chi connectivity index (χ4n) is 6.75. The van der Waals surface area contributed by atoms with Crippen LogP contribution in [-0.2, 0) is 57.0 Å². The standard InChI is InChI=1S/C32H18N8O12S4.Ni/c41-53(42,43)21-19-20(22(54(44,45)46)24(56(50,51)52)23(21)55(47,48)49)32-39-30-18-12-6-4-10-16(18)28(37-30)35-26-14-8-2-1-7-13(14)25(33-26)34-27-15-9-3-5-11-17(15)29(36-27)38-31(19)40-32;/h1-12H,(H,41,42,43)(H,44,45,46)(H,47,48,49)(H,50,51,52)(H2,33,34,35,36,37,38,39,40);/q;+2. The zero-order valence-electron chi connectivity index (χ0n) is 27.6. The van der Waals surface area contributed by atoms with Crippen LogP contribution in [0.25, 0.3) is 89.7 Å². The Morgan fingerprint density at radius 3 is 0.930 bits per heavy atom. The van der Waals surface area contributed by atoms with Crippen LogP contribution in [0.1, 0.15) is 0 Å². The number of rotatable bonds is 4. The molecule has 290 valence electrons. The molecule has 20 nitrogen and oxygen atoms in total. The van der Waals surface area contributed by atoms with Crippen molar-refractivity contribution in [3.05, 3.63) is 72.8 Å². The monoisotopic (exact) mass is 892 g/mol. The van der Waals surface area contributed by atoms with Gasteiger partial charge in [-0.2, -0.15) is 33.7 Å². The van der Waals surface area contributed by atoms with Gasteiger partial charge in [0.2, 0.25) is 0 Å². The van der Waals surface area contributed by atoms with Crippen molar-refractivity contribution < 1.29 is 68.4 Å². The first-order valence-corrected chi connectivity index (χ1v) is 21.3. The summed E-state index contributed by atoms with van der Waals surface area (Å²) in [6.45, 7) is 0. The van der Waals surface area contributed by atoms with Gasteiger partial charge in [-0.25, -0.2) is 29.9 Å². The predicted molar refractivity (Wildman–Crippen MR) is 195 cm³/mol. The van der Waals surface area contributed by atoms with Crippen LogP contribution in [0.2, 0.25) is 0 Å². The number of benzene rings is 4. The zero-order valence-corrected chi connectivity index (χ0v) is 31.9. The minimum Gasteiger partial charge on any atom is -0.324 e. The average molecular weight is 894 g/mol. The van der Waals surface area contributed by atoms with E-state index in [1.165, 1.54) is 12.1 Å². The van der Waals surface area contributed by atoms with Crippen LogP contribution in [0.3, 0.4) is 0 Å². The van der Waals surface area contributed by atoms with E-state index in [1.54, 1.807) is 60.7 Å². The molecule has 2 aliphatic heterocycles. The molecule has 3 aromatic heterocycles. The van der Waals surface area contributed by atoms with Crippen molar-refractivity contribution in [1.29, 1.82) is 0 Å². The fraction of sp³-hybridized carbons (Fsp3) is 0. The fourth-order valence-corrected chi connectivity index (χ4v) is 11.7. The van der Waals surface area contributed by atoms with Crippen molar-refractivity contribution in [2.75, 3.05) is 0 Å². The summed E-state index contributed by atoms with van der Waals surface area (Å²) < 4.78 is 146. The second kappa shape index (κ2) is 12.7. The van der Waals surface area contributed by atoms with E-state index in [0.717, 1.165) is 0 Å². The van der Waals surface area contributed by atoms with E-state index in [-0.39, 0.29) is 50.9 Å². The van der Waals surface area contributed by atoms with Crippen molar-refractivity contribution in [3.8, 4) is 45.6 Å². The summed E-state index contributed by atoms with van der Waals surface area (Å²) in [6, 6.07) is 19.9. The molecule has 5 heterocycles. The Bertz CT molecular complexity index is 3380. The van der Waals surface area contributed by atoms with Gasteiger partial charge < -0.3 is 9.97 Å². The van der Waals surface area contributed by atoms with Crippen LogP contribution in [0.5, 0.6) is 0 Å². The molecule has 2 aliphatic rings. The maximum Gasteiger partial charge on any atom is 2.00 e. The minimum absolute atomic E-state index is 0. The molecule has 0 unspecified atom stereocenters. The summed E-state index contributed by atoms with van der Waals surface area (Å²) >= 11 is 0. The molecule has 0 aliphatic carbocycles. The molecule has 0 fully saturated rings. The van der Waals surface area contributed by atoms with E-state index >= 15 is 0 Å². The van der Waals surface area contributed by atoms with Gasteiger partial charge >= 0.3 is 16.5 Å². The van der Waals surface area contributed by atoms with Gasteiger partial charge in [0, 0.05) is 33.0 Å². The van der Waals surface area contributed by atoms with Crippen molar-refractivity contribution in [2.45, 2.75) is 19.6 Å². The Morgan fingerprint density at radius 2 is 0.632 bits per heavy atom. The molecule has 7 aromatic rings. The molecule has 6 N–H and O–H groups in total. The predicted octanol–water partition coefficient (Wildman–Crippen LogP) is 3.85. The summed E-state index contributed by atoms with van der Waals surface area (Å²) in [5, 5.41) is -1.17. The van der Waals surface area contributed by atoms with Gasteiger partial charge in [0.25, 0.3) is 40.5 Å². The Balaban J connectivity index is 0.00000455. The van der Waals surface area contributed by atoms with E-state index < -0.39 is 82.1 Å². The normalized spacial score (nSPS) is 13.0. The number of nitrogens with one attached hydrogen (secondary N) is 2. The van der Waals surface area contributed by atoms with Crippen LogP contribution in [0.15, 0.2) is 92.4 Å². The van der Waals surface area contributed by atoms with E-state index in [4.69, 9.17) is 9.97 Å². The smallest absolute Gasteiger partial charge is 0.324 e. The van der Waals surface area contributed by atoms with Crippen molar-refractivity contribution >= 4 is 84.6 Å². The van der Waals surface area contributed by atoms with E-state index in [9.17, 15) is 51.9 Å². The number of H-pyrrole nitrogens is 2. The molecule has 0 saturated heterocycles. The second-order valence-electron chi connectivity index (χ2n) is 12.2. The minimum atomic E-state index is -6.24. The molecule has 0 atom stereocenters. The van der Waals surface area contributed by atoms with Crippen molar-refractivity contribution in [2.24, 2.45) is 0 Å². The third-order valence-electron chi connectivity index (χ3n) is 8.85. The molecule has 0 spiro atoms. The van der Waals surface area contributed by atoms with Gasteiger partial charge in [0.05, 0.1) is 10.8 Å². The topological polar surface area (TPSA) is 326 Å². The third-order valence-corrected chi connectivity index (χ3v) is 12.9. The summed E-state index contributed by atoms with van der Waals surface area (Å²) in [5.74, 6) is -0.428. The summed E-state index contributed by atoms with van der Waals surface area (Å²) in [5.41, 5.74) is 0.187. The molecule has 4 aromatic carbocycles. The van der Waals surface area contributed by atoms with Crippen LogP contribution in [-0.4, -0.2) is 91.8 Å². The number of fused-ring (bicyclic) bond motifs is 20. The first-order valence-electron chi connectivity index (χ1n) is 15.5. The Labute approximate surface area is 329 Å². The van der Waals surface area contributed by atoms with E-state index in [0.29, 0.717) is 33.2 Å². The van der Waals surface area contributed by atoms with E-state index in [1.807, 2.05) is 0 Å². The van der Waals surface area contributed by atoms with Crippen LogP contribution < -0.4 is 0 Å². The molecular formula is C32H18N8NiO12S4+2. The first-order chi connectivity index (χ1) is 26.3. The Morgan fingerprint density at radius 1 is 0.368 bits per heavy atom. The van der Waals surface area contributed by atoms with Gasteiger partial charge in [-0.3, -0.25) is 18.2 Å². The van der Waals surface area contributed by atoms with Gasteiger partial charge in [-0.15, -0.1) is 0 Å². The summed E-state index contributed by atoms with van der Waals surface area (Å²) in [4.78, 5) is 24.5. The molecule has 57 heavy (non-hydrogen) atoms. The summed E-state index contributed by atoms with van der Waals surface area (Å²) in [7, 11) is -24.6. The van der Waals surface area contributed by atoms with Crippen molar-refractivity contribution in [3.63, 3.8) is 0 Å². The molecule has 25 heteroatoms. The molecular weight excluding hydrogens is 875 g/mol. The third kappa shape index (κ3) is 6.07. The number of hydrogen-bond acceptors (Lipinski definition) is 14. The molecule has 0 amide bonds. The second-order valence-corrected chi connectivity index (χ2v) is 17.6. The number of aromatic nitrogens is 8. The Kier molecular flexibility index (Phi) is 8.52. The quantitative estimate of drug-likeness (QED) is 0.108. The number of hydrogen-bond donors (Lipinski definition) is 6. The maximum absolute atomic E-state index is 13.2. The van der Waals surface area contributed by atoms with Crippen LogP contribution in [0.4, 0.5) is 0 Å². The number of aromatic amines is 2. The van der Waals surface area contributed by atoms with Crippen LogP contribution >= 0.6 is 0 Å². The van der Waals surface area contributed by atoms with Crippen LogP contribution in [0, 0.1) is 0 Å². The van der Waals surface area contributed by atoms with Gasteiger partial charge in [0.1, 0.15) is 42.2 Å². The first kappa shape index (κ1) is 38.3. The van der Waals surface area contributed by atoms with Gasteiger partial charge in [0.15, 0.2) is 23.3 Å². The largest absolute Gasteiger partial charge is 2.00 e. The maximum atomic E-state index is 13.2. The average Bonchev–Trinajstić information content (AvgIpc) is 3.84. The SMILES string of the molecule is O=S(=O)(O)c1c(S(=O)(=O)O)c(S(=O)(=O)O)c2c3nc4nc(nc5[nH]c(nc6nc(nc([nH]3)c2c1S(=O)(=O)O)-c1ccccc1-6)c1ccccc51)-c1ccccc1-4.[Ni+2]. The molecule has 0 saturated carbocycles. The summed E-state index contributed by atoms with van der Waals surface area (Å²) in [6.07, 6.45) is 0. The zero-order chi connectivity index (χ0) is 39.7. The molecule has 0 radical (unpaired) electrons. The van der Waals surface area contributed by atoms with Gasteiger partial charge in [-0.05, 0) is 0 Å². The van der Waals surface area contributed by atoms with Gasteiger partial charge in [-0.1, -0.05) is 72.8 Å². The number of nitrogens with zero attached hydrogens (tertiary/aromatic N) is 6. The molecule has 8 bridgehead atoms. The van der Waals surface area contributed by atoms with E-state index in [2.05, 4.69) is 29.9 Å². The van der Waals surface area contributed by atoms with Crippen molar-refractivity contribution in [1.82, 2.24) is 39.9 Å².